The summed E-state index contributed by atoms with van der Waals surface area (Å²) in [5.41, 5.74) is 2.48. The number of ether oxygens (including phenoxy) is 1. The van der Waals surface area contributed by atoms with E-state index in [9.17, 15) is 9.59 Å². The van der Waals surface area contributed by atoms with Crippen LogP contribution in [0.3, 0.4) is 0 Å². The lowest BCUT2D eigenvalue weighted by Crippen LogP contribution is -2.47. The summed E-state index contributed by atoms with van der Waals surface area (Å²) < 4.78 is 5.93. The van der Waals surface area contributed by atoms with Crippen molar-refractivity contribution >= 4 is 11.8 Å². The van der Waals surface area contributed by atoms with Crippen LogP contribution in [0.1, 0.15) is 64.5 Å². The Hall–Kier alpha value is -2.04. The number of likely N-dealkylation sites (tertiary alicyclic amines) is 1. The quantitative estimate of drug-likeness (QED) is 0.710. The standard InChI is InChI=1S/C23H36N2O3/c1-7-24(8-2)23(27)19-11-13-25(14-12-19)22(26)18(6)28-20-9-10-21(16(3)4)17(5)15-20/h9-10,15-16,18-19H,7-8,11-14H2,1-6H3. The van der Waals surface area contributed by atoms with Gasteiger partial charge in [-0.25, -0.2) is 0 Å². The normalized spacial score (nSPS) is 16.2. The molecule has 1 aliphatic rings. The smallest absolute Gasteiger partial charge is 0.263 e. The van der Waals surface area contributed by atoms with E-state index in [-0.39, 0.29) is 17.7 Å². The number of benzene rings is 1. The Morgan fingerprint density at radius 3 is 2.25 bits per heavy atom. The SMILES string of the molecule is CCN(CC)C(=O)C1CCN(C(=O)C(C)Oc2ccc(C(C)C)c(C)c2)CC1. The van der Waals surface area contributed by atoms with Gasteiger partial charge in [-0.15, -0.1) is 0 Å². The van der Waals surface area contributed by atoms with Crippen LogP contribution in [0.25, 0.3) is 0 Å². The van der Waals surface area contributed by atoms with Gasteiger partial charge in [-0.1, -0.05) is 19.9 Å². The number of carbonyl (C=O) groups is 2. The predicted molar refractivity (Wildman–Crippen MR) is 113 cm³/mol. The molecule has 5 heteroatoms. The molecule has 2 rings (SSSR count). The fourth-order valence-corrected chi connectivity index (χ4v) is 4.02. The van der Waals surface area contributed by atoms with Crippen molar-refractivity contribution in [3.8, 4) is 5.75 Å². The van der Waals surface area contributed by atoms with E-state index < -0.39 is 6.10 Å². The molecule has 1 aliphatic heterocycles. The van der Waals surface area contributed by atoms with Crippen LogP contribution in [0.15, 0.2) is 18.2 Å². The summed E-state index contributed by atoms with van der Waals surface area (Å²) in [5, 5.41) is 0. The summed E-state index contributed by atoms with van der Waals surface area (Å²) in [7, 11) is 0. The van der Waals surface area contributed by atoms with Crippen molar-refractivity contribution in [3.63, 3.8) is 0 Å². The molecule has 0 aliphatic carbocycles. The van der Waals surface area contributed by atoms with E-state index in [1.807, 2.05) is 35.8 Å². The molecule has 1 atom stereocenters. The number of hydrogen-bond acceptors (Lipinski definition) is 3. The third kappa shape index (κ3) is 5.27. The molecule has 1 saturated heterocycles. The Labute approximate surface area is 170 Å². The first-order chi connectivity index (χ1) is 13.3. The fraction of sp³-hybridized carbons (Fsp3) is 0.652. The van der Waals surface area contributed by atoms with Gasteiger partial charge in [-0.05, 0) is 69.7 Å². The minimum Gasteiger partial charge on any atom is -0.481 e. The average molecular weight is 389 g/mol. The molecule has 0 aromatic heterocycles. The number of amides is 2. The average Bonchev–Trinajstić information content (AvgIpc) is 2.68. The van der Waals surface area contributed by atoms with Crippen molar-refractivity contribution < 1.29 is 14.3 Å². The summed E-state index contributed by atoms with van der Waals surface area (Å²) in [5.74, 6) is 1.45. The molecular weight excluding hydrogens is 352 g/mol. The Kier molecular flexibility index (Phi) is 7.90. The summed E-state index contributed by atoms with van der Waals surface area (Å²) in [6, 6.07) is 6.03. The van der Waals surface area contributed by atoms with Crippen LogP contribution in [0, 0.1) is 12.8 Å². The first kappa shape index (κ1) is 22.3. The van der Waals surface area contributed by atoms with E-state index in [0.717, 1.165) is 31.7 Å². The molecule has 0 bridgehead atoms. The van der Waals surface area contributed by atoms with Gasteiger partial charge < -0.3 is 14.5 Å². The van der Waals surface area contributed by atoms with Crippen LogP contribution in [-0.2, 0) is 9.59 Å². The maximum Gasteiger partial charge on any atom is 0.263 e. The van der Waals surface area contributed by atoms with Crippen LogP contribution in [0.2, 0.25) is 0 Å². The lowest BCUT2D eigenvalue weighted by atomic mass is 9.95. The molecule has 1 aromatic rings. The van der Waals surface area contributed by atoms with Crippen molar-refractivity contribution in [3.05, 3.63) is 29.3 Å². The van der Waals surface area contributed by atoms with Gasteiger partial charge >= 0.3 is 0 Å². The summed E-state index contributed by atoms with van der Waals surface area (Å²) in [4.78, 5) is 29.0. The van der Waals surface area contributed by atoms with Gasteiger partial charge in [0, 0.05) is 32.1 Å². The third-order valence-electron chi connectivity index (χ3n) is 5.75. The number of aryl methyl sites for hydroxylation is 1. The van der Waals surface area contributed by atoms with Crippen LogP contribution in [-0.4, -0.2) is 53.9 Å². The van der Waals surface area contributed by atoms with E-state index in [2.05, 4.69) is 26.8 Å². The first-order valence-electron chi connectivity index (χ1n) is 10.6. The summed E-state index contributed by atoms with van der Waals surface area (Å²) in [6.45, 7) is 15.0. The van der Waals surface area contributed by atoms with Gasteiger partial charge in [0.25, 0.3) is 5.91 Å². The Morgan fingerprint density at radius 1 is 1.14 bits per heavy atom. The molecule has 1 heterocycles. The lowest BCUT2D eigenvalue weighted by molar-refractivity contribution is -0.143. The van der Waals surface area contributed by atoms with E-state index in [1.54, 1.807) is 6.92 Å². The highest BCUT2D eigenvalue weighted by Gasteiger charge is 2.31. The number of piperidine rings is 1. The van der Waals surface area contributed by atoms with Crippen molar-refractivity contribution in [2.45, 2.75) is 66.4 Å². The lowest BCUT2D eigenvalue weighted by Gasteiger charge is -2.34. The molecule has 1 fully saturated rings. The molecule has 5 nitrogen and oxygen atoms in total. The van der Waals surface area contributed by atoms with Gasteiger partial charge in [-0.3, -0.25) is 9.59 Å². The van der Waals surface area contributed by atoms with Crippen molar-refractivity contribution in [1.82, 2.24) is 9.80 Å². The van der Waals surface area contributed by atoms with Gasteiger partial charge in [0.05, 0.1) is 0 Å². The number of nitrogens with zero attached hydrogens (tertiary/aromatic N) is 2. The van der Waals surface area contributed by atoms with Crippen LogP contribution in [0.5, 0.6) is 5.75 Å². The largest absolute Gasteiger partial charge is 0.481 e. The molecule has 2 amide bonds. The zero-order valence-electron chi connectivity index (χ0n) is 18.3. The summed E-state index contributed by atoms with van der Waals surface area (Å²) in [6.07, 6.45) is 0.936. The van der Waals surface area contributed by atoms with Gasteiger partial charge in [0.1, 0.15) is 5.75 Å². The molecule has 1 unspecified atom stereocenters. The number of rotatable bonds is 7. The van der Waals surface area contributed by atoms with Gasteiger partial charge in [0.15, 0.2) is 6.10 Å². The zero-order valence-corrected chi connectivity index (χ0v) is 18.3. The highest BCUT2D eigenvalue weighted by molar-refractivity contribution is 5.82. The summed E-state index contributed by atoms with van der Waals surface area (Å²) >= 11 is 0. The first-order valence-corrected chi connectivity index (χ1v) is 10.6. The Bertz CT molecular complexity index is 674. The molecule has 0 saturated carbocycles. The number of carbonyl (C=O) groups excluding carboxylic acids is 2. The fourth-order valence-electron chi connectivity index (χ4n) is 4.02. The van der Waals surface area contributed by atoms with Gasteiger partial charge in [0.2, 0.25) is 5.91 Å². The van der Waals surface area contributed by atoms with E-state index in [0.29, 0.717) is 19.0 Å². The Balaban J connectivity index is 1.91. The van der Waals surface area contributed by atoms with Crippen LogP contribution >= 0.6 is 0 Å². The maximum atomic E-state index is 12.8. The third-order valence-corrected chi connectivity index (χ3v) is 5.75. The predicted octanol–water partition coefficient (Wildman–Crippen LogP) is 3.99. The van der Waals surface area contributed by atoms with Crippen molar-refractivity contribution in [1.29, 1.82) is 0 Å². The molecule has 156 valence electrons. The number of hydrogen-bond donors (Lipinski definition) is 0. The second-order valence-corrected chi connectivity index (χ2v) is 8.04. The van der Waals surface area contributed by atoms with Crippen LogP contribution in [0.4, 0.5) is 0 Å². The van der Waals surface area contributed by atoms with Crippen molar-refractivity contribution in [2.75, 3.05) is 26.2 Å². The molecule has 0 N–H and O–H groups in total. The second-order valence-electron chi connectivity index (χ2n) is 8.04. The second kappa shape index (κ2) is 9.94. The van der Waals surface area contributed by atoms with E-state index >= 15 is 0 Å². The maximum absolute atomic E-state index is 12.8. The molecule has 0 radical (unpaired) electrons. The molecular formula is C23H36N2O3. The minimum absolute atomic E-state index is 0.000623. The molecule has 28 heavy (non-hydrogen) atoms. The van der Waals surface area contributed by atoms with Crippen LogP contribution < -0.4 is 4.74 Å². The van der Waals surface area contributed by atoms with Crippen molar-refractivity contribution in [2.24, 2.45) is 5.92 Å². The van der Waals surface area contributed by atoms with E-state index in [4.69, 9.17) is 4.74 Å². The topological polar surface area (TPSA) is 49.9 Å². The minimum atomic E-state index is -0.528. The molecule has 0 spiro atoms. The Morgan fingerprint density at radius 2 is 1.75 bits per heavy atom. The monoisotopic (exact) mass is 388 g/mol. The zero-order chi connectivity index (χ0) is 20.8. The molecule has 1 aromatic carbocycles. The highest BCUT2D eigenvalue weighted by atomic mass is 16.5. The van der Waals surface area contributed by atoms with Gasteiger partial charge in [-0.2, -0.15) is 0 Å². The van der Waals surface area contributed by atoms with E-state index in [1.165, 1.54) is 11.1 Å². The highest BCUT2D eigenvalue weighted by Crippen LogP contribution is 2.25.